The Hall–Kier alpha value is -2.59. The molecule has 1 aromatic heterocycles. The summed E-state index contributed by atoms with van der Waals surface area (Å²) in [5, 5.41) is 5.82. The summed E-state index contributed by atoms with van der Waals surface area (Å²) in [4.78, 5) is 4.48. The lowest BCUT2D eigenvalue weighted by molar-refractivity contribution is 0.154. The number of rotatable bonds is 4. The van der Waals surface area contributed by atoms with Crippen LogP contribution in [0.5, 0.6) is 5.75 Å². The highest BCUT2D eigenvalue weighted by Gasteiger charge is 2.21. The van der Waals surface area contributed by atoms with E-state index in [-0.39, 0.29) is 6.10 Å². The van der Waals surface area contributed by atoms with Gasteiger partial charge in [0.1, 0.15) is 17.7 Å². The Kier molecular flexibility index (Phi) is 4.76. The Morgan fingerprint density at radius 2 is 1.88 bits per heavy atom. The summed E-state index contributed by atoms with van der Waals surface area (Å²) in [6.45, 7) is 3.24. The van der Waals surface area contributed by atoms with Gasteiger partial charge in [0.25, 0.3) is 0 Å². The molecule has 4 rings (SSSR count). The average Bonchev–Trinajstić information content (AvgIpc) is 2.69. The van der Waals surface area contributed by atoms with Gasteiger partial charge < -0.3 is 15.8 Å². The molecule has 3 aromatic rings. The summed E-state index contributed by atoms with van der Waals surface area (Å²) in [5.74, 6) is 1.46. The zero-order valence-corrected chi connectivity index (χ0v) is 15.1. The Labute approximate surface area is 154 Å². The van der Waals surface area contributed by atoms with E-state index in [0.717, 1.165) is 34.3 Å². The van der Waals surface area contributed by atoms with Crippen molar-refractivity contribution >= 4 is 16.6 Å². The first-order valence-electron chi connectivity index (χ1n) is 9.37. The van der Waals surface area contributed by atoms with Crippen LogP contribution in [0.2, 0.25) is 0 Å². The maximum Gasteiger partial charge on any atom is 0.127 e. The molecule has 134 valence electrons. The third kappa shape index (κ3) is 3.37. The molecule has 0 spiro atoms. The number of nitrogens with one attached hydrogen (secondary N) is 1. The first kappa shape index (κ1) is 16.9. The van der Waals surface area contributed by atoms with Crippen molar-refractivity contribution in [1.29, 1.82) is 0 Å². The largest absolute Gasteiger partial charge is 0.488 e. The highest BCUT2D eigenvalue weighted by molar-refractivity contribution is 5.99. The summed E-state index contributed by atoms with van der Waals surface area (Å²) in [6, 6.07) is 18.6. The molecule has 0 aliphatic carbocycles. The zero-order valence-electron chi connectivity index (χ0n) is 15.1. The van der Waals surface area contributed by atoms with Gasteiger partial charge in [0.15, 0.2) is 0 Å². The Bertz CT molecular complexity index is 903. The van der Waals surface area contributed by atoms with Gasteiger partial charge in [-0.3, -0.25) is 0 Å². The van der Waals surface area contributed by atoms with E-state index < -0.39 is 0 Å². The van der Waals surface area contributed by atoms with Gasteiger partial charge >= 0.3 is 0 Å². The summed E-state index contributed by atoms with van der Waals surface area (Å²) >= 11 is 0. The van der Waals surface area contributed by atoms with E-state index in [1.807, 2.05) is 24.3 Å². The molecular weight excluding hydrogens is 322 g/mol. The molecule has 4 nitrogen and oxygen atoms in total. The lowest BCUT2D eigenvalue weighted by Gasteiger charge is -2.29. The highest BCUT2D eigenvalue weighted by Crippen LogP contribution is 2.34. The predicted molar refractivity (Wildman–Crippen MR) is 107 cm³/mol. The van der Waals surface area contributed by atoms with E-state index in [4.69, 9.17) is 10.5 Å². The monoisotopic (exact) mass is 347 g/mol. The number of aromatic nitrogens is 1. The number of hydrogen-bond donors (Lipinski definition) is 2. The SMILES string of the molecule is CC(Oc1ccc(-c2cccc(N)n2)c2ccccc12)C1CCCCN1. The number of nitrogen functional groups attached to an aromatic ring is 1. The van der Waals surface area contributed by atoms with Gasteiger partial charge in [-0.25, -0.2) is 4.98 Å². The van der Waals surface area contributed by atoms with Crippen molar-refractivity contribution < 1.29 is 4.74 Å². The number of benzene rings is 2. The van der Waals surface area contributed by atoms with Crippen molar-refractivity contribution in [3.8, 4) is 17.0 Å². The van der Waals surface area contributed by atoms with Crippen molar-refractivity contribution in [3.05, 3.63) is 54.6 Å². The van der Waals surface area contributed by atoms with Crippen LogP contribution >= 0.6 is 0 Å². The van der Waals surface area contributed by atoms with Crippen molar-refractivity contribution in [3.63, 3.8) is 0 Å². The number of ether oxygens (including phenoxy) is 1. The van der Waals surface area contributed by atoms with Crippen LogP contribution in [0.25, 0.3) is 22.0 Å². The van der Waals surface area contributed by atoms with Gasteiger partial charge in [-0.05, 0) is 56.0 Å². The van der Waals surface area contributed by atoms with E-state index in [2.05, 4.69) is 47.6 Å². The zero-order chi connectivity index (χ0) is 17.9. The molecule has 3 N–H and O–H groups in total. The highest BCUT2D eigenvalue weighted by atomic mass is 16.5. The van der Waals surface area contributed by atoms with Crippen molar-refractivity contribution in [2.45, 2.75) is 38.3 Å². The standard InChI is InChI=1S/C22H25N3O/c1-15(19-9-4-5-14-24-19)26-21-13-12-17(16-7-2-3-8-18(16)21)20-10-6-11-22(23)25-20/h2-3,6-8,10-13,15,19,24H,4-5,9,14H2,1H3,(H2,23,25). The number of nitrogens with two attached hydrogens (primary N) is 1. The third-order valence-corrected chi connectivity index (χ3v) is 5.16. The van der Waals surface area contributed by atoms with Crippen LogP contribution in [0.15, 0.2) is 54.6 Å². The minimum absolute atomic E-state index is 0.134. The first-order chi connectivity index (χ1) is 12.7. The van der Waals surface area contributed by atoms with Crippen LogP contribution in [0.1, 0.15) is 26.2 Å². The van der Waals surface area contributed by atoms with Crippen LogP contribution in [0.3, 0.4) is 0 Å². The minimum atomic E-state index is 0.134. The Balaban J connectivity index is 1.70. The van der Waals surface area contributed by atoms with E-state index in [1.54, 1.807) is 0 Å². The molecule has 2 heterocycles. The quantitative estimate of drug-likeness (QED) is 0.735. The molecule has 2 aromatic carbocycles. The third-order valence-electron chi connectivity index (χ3n) is 5.16. The number of pyridine rings is 1. The molecule has 1 fully saturated rings. The molecule has 2 atom stereocenters. The lowest BCUT2D eigenvalue weighted by Crippen LogP contribution is -2.44. The number of fused-ring (bicyclic) bond motifs is 1. The van der Waals surface area contributed by atoms with E-state index >= 15 is 0 Å². The fraction of sp³-hybridized carbons (Fsp3) is 0.318. The van der Waals surface area contributed by atoms with Gasteiger partial charge in [0, 0.05) is 17.0 Å². The molecule has 1 saturated heterocycles. The molecular formula is C22H25N3O. The smallest absolute Gasteiger partial charge is 0.127 e. The maximum atomic E-state index is 6.37. The second kappa shape index (κ2) is 7.34. The lowest BCUT2D eigenvalue weighted by atomic mass is 9.99. The number of anilines is 1. The second-order valence-corrected chi connectivity index (χ2v) is 6.98. The topological polar surface area (TPSA) is 60.2 Å². The summed E-state index contributed by atoms with van der Waals surface area (Å²) in [7, 11) is 0. The van der Waals surface area contributed by atoms with Gasteiger partial charge in [-0.1, -0.05) is 36.8 Å². The van der Waals surface area contributed by atoms with Crippen LogP contribution in [0, 0.1) is 0 Å². The molecule has 1 aliphatic rings. The number of nitrogens with zero attached hydrogens (tertiary/aromatic N) is 1. The maximum absolute atomic E-state index is 6.37. The molecule has 2 unspecified atom stereocenters. The normalized spacial score (nSPS) is 18.6. The minimum Gasteiger partial charge on any atom is -0.488 e. The Morgan fingerprint density at radius 3 is 2.65 bits per heavy atom. The fourth-order valence-corrected chi connectivity index (χ4v) is 3.76. The van der Waals surface area contributed by atoms with Crippen molar-refractivity contribution in [2.24, 2.45) is 0 Å². The van der Waals surface area contributed by atoms with Gasteiger partial charge in [0.05, 0.1) is 5.69 Å². The predicted octanol–water partition coefficient (Wildman–Crippen LogP) is 4.39. The van der Waals surface area contributed by atoms with Crippen molar-refractivity contribution in [1.82, 2.24) is 10.3 Å². The summed E-state index contributed by atoms with van der Waals surface area (Å²) in [5.41, 5.74) is 7.83. The molecule has 0 bridgehead atoms. The fourth-order valence-electron chi connectivity index (χ4n) is 3.76. The molecule has 0 amide bonds. The van der Waals surface area contributed by atoms with Crippen LogP contribution in [-0.2, 0) is 0 Å². The van der Waals surface area contributed by atoms with E-state index in [1.165, 1.54) is 19.3 Å². The second-order valence-electron chi connectivity index (χ2n) is 6.98. The van der Waals surface area contributed by atoms with Crippen LogP contribution < -0.4 is 15.8 Å². The summed E-state index contributed by atoms with van der Waals surface area (Å²) in [6.07, 6.45) is 3.83. The molecule has 26 heavy (non-hydrogen) atoms. The van der Waals surface area contributed by atoms with Gasteiger partial charge in [-0.15, -0.1) is 0 Å². The van der Waals surface area contributed by atoms with Crippen LogP contribution in [0.4, 0.5) is 5.82 Å². The van der Waals surface area contributed by atoms with Crippen molar-refractivity contribution in [2.75, 3.05) is 12.3 Å². The van der Waals surface area contributed by atoms with E-state index in [9.17, 15) is 0 Å². The first-order valence-corrected chi connectivity index (χ1v) is 9.37. The number of hydrogen-bond acceptors (Lipinski definition) is 4. The molecule has 1 aliphatic heterocycles. The number of piperidine rings is 1. The van der Waals surface area contributed by atoms with Gasteiger partial charge in [0.2, 0.25) is 0 Å². The van der Waals surface area contributed by atoms with Gasteiger partial charge in [-0.2, -0.15) is 0 Å². The molecule has 0 saturated carbocycles. The molecule has 4 heteroatoms. The summed E-state index contributed by atoms with van der Waals surface area (Å²) < 4.78 is 6.37. The Morgan fingerprint density at radius 1 is 1.04 bits per heavy atom. The average molecular weight is 347 g/mol. The van der Waals surface area contributed by atoms with Crippen LogP contribution in [-0.4, -0.2) is 23.7 Å². The van der Waals surface area contributed by atoms with E-state index in [0.29, 0.717) is 11.9 Å². The molecule has 0 radical (unpaired) electrons.